The van der Waals surface area contributed by atoms with Gasteiger partial charge in [0.15, 0.2) is 5.96 Å². The Kier molecular flexibility index (Phi) is 9.51. The Morgan fingerprint density at radius 2 is 2.04 bits per heavy atom. The highest BCUT2D eigenvalue weighted by Gasteiger charge is 2.21. The zero-order chi connectivity index (χ0) is 16.8. The Hall–Kier alpha value is -0.410. The quantitative estimate of drug-likeness (QED) is 0.367. The molecule has 0 saturated carbocycles. The SMILES string of the molecule is CN=C(NCc1cc(Br)ccc1F)NC1CCN(C(C)C)CC1.I. The number of hydrogen-bond acceptors (Lipinski definition) is 2. The predicted octanol–water partition coefficient (Wildman–Crippen LogP) is 3.74. The first-order valence-electron chi connectivity index (χ1n) is 8.14. The third-order valence-electron chi connectivity index (χ3n) is 4.28. The Bertz CT molecular complexity index is 545. The lowest BCUT2D eigenvalue weighted by Gasteiger charge is -2.35. The molecule has 0 unspecified atom stereocenters. The van der Waals surface area contributed by atoms with Crippen molar-refractivity contribution in [1.82, 2.24) is 15.5 Å². The van der Waals surface area contributed by atoms with Crippen LogP contribution in [0.1, 0.15) is 32.3 Å². The molecule has 2 rings (SSSR count). The second-order valence-electron chi connectivity index (χ2n) is 6.21. The lowest BCUT2D eigenvalue weighted by Crippen LogP contribution is -2.49. The maximum atomic E-state index is 13.8. The summed E-state index contributed by atoms with van der Waals surface area (Å²) < 4.78 is 14.6. The fourth-order valence-electron chi connectivity index (χ4n) is 2.81. The molecule has 1 heterocycles. The topological polar surface area (TPSA) is 39.7 Å². The zero-order valence-corrected chi connectivity index (χ0v) is 18.4. The number of halogens is 3. The summed E-state index contributed by atoms with van der Waals surface area (Å²) in [6, 6.07) is 5.99. The van der Waals surface area contributed by atoms with Crippen LogP contribution in [0.3, 0.4) is 0 Å². The molecule has 0 radical (unpaired) electrons. The fraction of sp³-hybridized carbons (Fsp3) is 0.588. The summed E-state index contributed by atoms with van der Waals surface area (Å²) in [7, 11) is 1.75. The molecule has 0 spiro atoms. The van der Waals surface area contributed by atoms with Gasteiger partial charge in [0, 0.05) is 48.8 Å². The summed E-state index contributed by atoms with van der Waals surface area (Å²) in [6.45, 7) is 7.09. The van der Waals surface area contributed by atoms with Crippen molar-refractivity contribution in [3.8, 4) is 0 Å². The maximum absolute atomic E-state index is 13.8. The monoisotopic (exact) mass is 512 g/mol. The molecule has 1 aromatic rings. The van der Waals surface area contributed by atoms with E-state index in [4.69, 9.17) is 0 Å². The van der Waals surface area contributed by atoms with Crippen molar-refractivity contribution >= 4 is 45.9 Å². The minimum absolute atomic E-state index is 0. The second-order valence-corrected chi connectivity index (χ2v) is 7.13. The molecule has 1 aromatic carbocycles. The number of rotatable bonds is 4. The van der Waals surface area contributed by atoms with Gasteiger partial charge in [-0.05, 0) is 44.9 Å². The normalized spacial score (nSPS) is 16.8. The van der Waals surface area contributed by atoms with Crippen molar-refractivity contribution in [2.45, 2.75) is 45.3 Å². The van der Waals surface area contributed by atoms with Crippen LogP contribution >= 0.6 is 39.9 Å². The average molecular weight is 513 g/mol. The highest BCUT2D eigenvalue weighted by molar-refractivity contribution is 14.0. The first-order valence-corrected chi connectivity index (χ1v) is 8.94. The van der Waals surface area contributed by atoms with E-state index in [1.165, 1.54) is 6.07 Å². The van der Waals surface area contributed by atoms with Crippen molar-refractivity contribution in [2.75, 3.05) is 20.1 Å². The Balaban J connectivity index is 0.00000288. The van der Waals surface area contributed by atoms with Crippen molar-refractivity contribution in [3.63, 3.8) is 0 Å². The van der Waals surface area contributed by atoms with Crippen molar-refractivity contribution in [3.05, 3.63) is 34.1 Å². The third kappa shape index (κ3) is 6.48. The van der Waals surface area contributed by atoms with Gasteiger partial charge in [-0.1, -0.05) is 15.9 Å². The highest BCUT2D eigenvalue weighted by atomic mass is 127. The maximum Gasteiger partial charge on any atom is 0.191 e. The molecule has 2 N–H and O–H groups in total. The lowest BCUT2D eigenvalue weighted by atomic mass is 10.0. The molecule has 0 aliphatic carbocycles. The van der Waals surface area contributed by atoms with Crippen LogP contribution in [0.15, 0.2) is 27.7 Å². The van der Waals surface area contributed by atoms with Crippen LogP contribution in [0.25, 0.3) is 0 Å². The first-order chi connectivity index (χ1) is 11.0. The molecule has 0 bridgehead atoms. The third-order valence-corrected chi connectivity index (χ3v) is 4.77. The molecule has 1 aliphatic rings. The van der Waals surface area contributed by atoms with E-state index in [0.717, 1.165) is 36.4 Å². The standard InChI is InChI=1S/C17H26BrFN4.HI/c1-12(2)23-8-6-15(7-9-23)22-17(20-3)21-11-13-10-14(18)4-5-16(13)19;/h4-5,10,12,15H,6-9,11H2,1-3H3,(H2,20,21,22);1H. The van der Waals surface area contributed by atoms with Crippen LogP contribution in [-0.4, -0.2) is 43.1 Å². The van der Waals surface area contributed by atoms with Gasteiger partial charge in [0.05, 0.1) is 0 Å². The number of aliphatic imine (C=N–C) groups is 1. The van der Waals surface area contributed by atoms with Crippen LogP contribution in [0.5, 0.6) is 0 Å². The summed E-state index contributed by atoms with van der Waals surface area (Å²) in [4.78, 5) is 6.74. The smallest absolute Gasteiger partial charge is 0.191 e. The van der Waals surface area contributed by atoms with E-state index in [1.807, 2.05) is 0 Å². The van der Waals surface area contributed by atoms with Gasteiger partial charge in [0.2, 0.25) is 0 Å². The highest BCUT2D eigenvalue weighted by Crippen LogP contribution is 2.15. The molecular weight excluding hydrogens is 486 g/mol. The fourth-order valence-corrected chi connectivity index (χ4v) is 3.21. The number of nitrogens with one attached hydrogen (secondary N) is 2. The number of guanidine groups is 1. The van der Waals surface area contributed by atoms with Gasteiger partial charge in [-0.15, -0.1) is 24.0 Å². The molecule has 24 heavy (non-hydrogen) atoms. The molecule has 0 amide bonds. The molecule has 0 atom stereocenters. The summed E-state index contributed by atoms with van der Waals surface area (Å²) >= 11 is 3.37. The molecule has 7 heteroatoms. The molecule has 1 fully saturated rings. The van der Waals surface area contributed by atoms with Crippen LogP contribution in [0.2, 0.25) is 0 Å². The molecule has 0 aromatic heterocycles. The van der Waals surface area contributed by atoms with Gasteiger partial charge in [-0.25, -0.2) is 4.39 Å². The van der Waals surface area contributed by atoms with Crippen molar-refractivity contribution in [1.29, 1.82) is 0 Å². The largest absolute Gasteiger partial charge is 0.354 e. The van der Waals surface area contributed by atoms with Crippen molar-refractivity contribution in [2.24, 2.45) is 4.99 Å². The second kappa shape index (κ2) is 10.6. The van der Waals surface area contributed by atoms with E-state index in [1.54, 1.807) is 19.2 Å². The van der Waals surface area contributed by atoms with Gasteiger partial charge in [0.25, 0.3) is 0 Å². The van der Waals surface area contributed by atoms with Crippen molar-refractivity contribution < 1.29 is 4.39 Å². The molecule has 4 nitrogen and oxygen atoms in total. The predicted molar refractivity (Wildman–Crippen MR) is 113 cm³/mol. The zero-order valence-electron chi connectivity index (χ0n) is 14.5. The minimum atomic E-state index is -0.207. The van der Waals surface area contributed by atoms with E-state index in [9.17, 15) is 4.39 Å². The van der Waals surface area contributed by atoms with E-state index >= 15 is 0 Å². The number of likely N-dealkylation sites (tertiary alicyclic amines) is 1. The van der Waals surface area contributed by atoms with Gasteiger partial charge < -0.3 is 15.5 Å². The van der Waals surface area contributed by atoms with E-state index in [-0.39, 0.29) is 29.8 Å². The summed E-state index contributed by atoms with van der Waals surface area (Å²) in [6.07, 6.45) is 2.20. The van der Waals surface area contributed by atoms with E-state index in [2.05, 4.69) is 50.3 Å². The summed E-state index contributed by atoms with van der Waals surface area (Å²) in [5.41, 5.74) is 0.622. The molecule has 1 saturated heterocycles. The van der Waals surface area contributed by atoms with E-state index in [0.29, 0.717) is 24.2 Å². The van der Waals surface area contributed by atoms with Crippen LogP contribution in [-0.2, 0) is 6.54 Å². The first kappa shape index (κ1) is 21.6. The van der Waals surface area contributed by atoms with Gasteiger partial charge in [0.1, 0.15) is 5.82 Å². The Labute approximate surface area is 169 Å². The molecular formula is C17H27BrFIN4. The number of piperidine rings is 1. The van der Waals surface area contributed by atoms with E-state index < -0.39 is 0 Å². The number of hydrogen-bond donors (Lipinski definition) is 2. The molecule has 1 aliphatic heterocycles. The van der Waals surface area contributed by atoms with Crippen LogP contribution in [0.4, 0.5) is 4.39 Å². The average Bonchev–Trinajstić information content (AvgIpc) is 2.54. The summed E-state index contributed by atoms with van der Waals surface area (Å²) in [5.74, 6) is 0.522. The number of nitrogens with zero attached hydrogens (tertiary/aromatic N) is 2. The number of benzene rings is 1. The minimum Gasteiger partial charge on any atom is -0.354 e. The lowest BCUT2D eigenvalue weighted by molar-refractivity contribution is 0.167. The molecule has 136 valence electrons. The van der Waals surface area contributed by atoms with Crippen LogP contribution < -0.4 is 10.6 Å². The van der Waals surface area contributed by atoms with Gasteiger partial charge in [-0.2, -0.15) is 0 Å². The van der Waals surface area contributed by atoms with Crippen LogP contribution in [0, 0.1) is 5.82 Å². The van der Waals surface area contributed by atoms with Gasteiger partial charge >= 0.3 is 0 Å². The Morgan fingerprint density at radius 1 is 1.38 bits per heavy atom. The Morgan fingerprint density at radius 3 is 2.62 bits per heavy atom. The summed E-state index contributed by atoms with van der Waals surface area (Å²) in [5, 5.41) is 6.65. The van der Waals surface area contributed by atoms with Gasteiger partial charge in [-0.3, -0.25) is 4.99 Å².